The highest BCUT2D eigenvalue weighted by atomic mass is 32.2. The molecular weight excluding hydrogens is 358 g/mol. The van der Waals surface area contributed by atoms with E-state index >= 15 is 0 Å². The quantitative estimate of drug-likeness (QED) is 0.894. The van der Waals surface area contributed by atoms with Gasteiger partial charge in [0, 0.05) is 6.21 Å². The summed E-state index contributed by atoms with van der Waals surface area (Å²) in [6.07, 6.45) is 5.14. The Hall–Kier alpha value is -2.38. The summed E-state index contributed by atoms with van der Waals surface area (Å²) in [6, 6.07) is 7.80. The number of nitrogens with zero attached hydrogens (tertiary/aromatic N) is 1. The van der Waals surface area contributed by atoms with E-state index in [4.69, 9.17) is 5.14 Å². The Kier molecular flexibility index (Phi) is 4.54. The fourth-order valence-corrected chi connectivity index (χ4v) is 3.83. The number of hydrogen-bond acceptors (Lipinski definition) is 3. The SMILES string of the molecule is Cc1ccc(C2(c3cc(F)c(S(N)(=O)=O)c(F)c3)C=CC=NC2)cc1C. The van der Waals surface area contributed by atoms with E-state index in [-0.39, 0.29) is 12.1 Å². The van der Waals surface area contributed by atoms with Gasteiger partial charge in [-0.15, -0.1) is 0 Å². The van der Waals surface area contributed by atoms with Crippen LogP contribution in [0.5, 0.6) is 0 Å². The molecule has 4 nitrogen and oxygen atoms in total. The highest BCUT2D eigenvalue weighted by molar-refractivity contribution is 7.89. The van der Waals surface area contributed by atoms with Crippen LogP contribution in [-0.4, -0.2) is 21.2 Å². The predicted octanol–water partition coefficient (Wildman–Crippen LogP) is 3.16. The predicted molar refractivity (Wildman–Crippen MR) is 96.9 cm³/mol. The number of rotatable bonds is 3. The summed E-state index contributed by atoms with van der Waals surface area (Å²) in [5.41, 5.74) is 2.32. The van der Waals surface area contributed by atoms with Crippen molar-refractivity contribution in [1.82, 2.24) is 0 Å². The molecule has 1 atom stereocenters. The molecule has 1 aliphatic heterocycles. The van der Waals surface area contributed by atoms with Gasteiger partial charge in [0.15, 0.2) is 4.90 Å². The summed E-state index contributed by atoms with van der Waals surface area (Å²) in [6.45, 7) is 4.17. The van der Waals surface area contributed by atoms with Gasteiger partial charge in [0.1, 0.15) is 11.6 Å². The number of hydrogen-bond donors (Lipinski definition) is 1. The second-order valence-corrected chi connectivity index (χ2v) is 7.93. The number of nitrogens with two attached hydrogens (primary N) is 1. The number of benzene rings is 2. The zero-order valence-corrected chi connectivity index (χ0v) is 15.1. The van der Waals surface area contributed by atoms with Gasteiger partial charge in [-0.3, -0.25) is 4.99 Å². The van der Waals surface area contributed by atoms with Crippen molar-refractivity contribution >= 4 is 16.2 Å². The standard InChI is InChI=1S/C19H18F2N2O2S/c1-12-4-5-14(8-13(12)2)19(6-3-7-23-11-19)15-9-16(20)18(17(21)10-15)26(22,24)25/h3-10H,11H2,1-2H3,(H2,22,24,25). The minimum Gasteiger partial charge on any atom is -0.292 e. The van der Waals surface area contributed by atoms with Crippen LogP contribution in [-0.2, 0) is 15.4 Å². The molecule has 1 unspecified atom stereocenters. The van der Waals surface area contributed by atoms with Crippen LogP contribution in [0.25, 0.3) is 0 Å². The monoisotopic (exact) mass is 376 g/mol. The number of dihydropyridines is 1. The first-order valence-electron chi connectivity index (χ1n) is 7.93. The lowest BCUT2D eigenvalue weighted by Gasteiger charge is -2.33. The van der Waals surface area contributed by atoms with E-state index in [9.17, 15) is 17.2 Å². The van der Waals surface area contributed by atoms with Gasteiger partial charge in [-0.1, -0.05) is 24.3 Å². The van der Waals surface area contributed by atoms with Crippen molar-refractivity contribution in [3.05, 3.63) is 76.4 Å². The first kappa shape index (κ1) is 18.4. The normalized spacial score (nSPS) is 19.7. The van der Waals surface area contributed by atoms with Gasteiger partial charge in [0.25, 0.3) is 0 Å². The topological polar surface area (TPSA) is 72.5 Å². The average Bonchev–Trinajstić information content (AvgIpc) is 2.56. The molecule has 0 radical (unpaired) electrons. The third-order valence-corrected chi connectivity index (χ3v) is 5.69. The Balaban J connectivity index is 2.27. The van der Waals surface area contributed by atoms with Gasteiger partial charge in [-0.25, -0.2) is 22.3 Å². The number of primary sulfonamides is 1. The molecule has 0 aromatic heterocycles. The van der Waals surface area contributed by atoms with Crippen LogP contribution in [0.2, 0.25) is 0 Å². The molecule has 2 aromatic rings. The molecule has 26 heavy (non-hydrogen) atoms. The number of aliphatic imine (C=N–C) groups is 1. The highest BCUT2D eigenvalue weighted by Crippen LogP contribution is 2.38. The number of allylic oxidation sites excluding steroid dienone is 1. The summed E-state index contributed by atoms with van der Waals surface area (Å²) in [5.74, 6) is -2.43. The maximum Gasteiger partial charge on any atom is 0.243 e. The van der Waals surface area contributed by atoms with Crippen LogP contribution in [0.3, 0.4) is 0 Å². The van der Waals surface area contributed by atoms with Gasteiger partial charge in [0.2, 0.25) is 10.0 Å². The Labute approximate surface area is 151 Å². The molecule has 1 heterocycles. The first-order chi connectivity index (χ1) is 12.1. The van der Waals surface area contributed by atoms with Gasteiger partial charge in [0.05, 0.1) is 12.0 Å². The lowest BCUT2D eigenvalue weighted by atomic mass is 9.73. The molecule has 0 saturated carbocycles. The average molecular weight is 376 g/mol. The van der Waals surface area contributed by atoms with E-state index < -0.39 is 32.0 Å². The number of aryl methyl sites for hydroxylation is 2. The highest BCUT2D eigenvalue weighted by Gasteiger charge is 2.35. The second-order valence-electron chi connectivity index (χ2n) is 6.43. The Morgan fingerprint density at radius 3 is 2.19 bits per heavy atom. The molecular formula is C19H18F2N2O2S. The van der Waals surface area contributed by atoms with Crippen LogP contribution < -0.4 is 5.14 Å². The third-order valence-electron chi connectivity index (χ3n) is 4.73. The van der Waals surface area contributed by atoms with E-state index in [1.807, 2.05) is 38.1 Å². The minimum atomic E-state index is -4.51. The molecule has 0 aliphatic carbocycles. The second kappa shape index (κ2) is 6.41. The largest absolute Gasteiger partial charge is 0.292 e. The van der Waals surface area contributed by atoms with E-state index in [0.29, 0.717) is 0 Å². The molecule has 1 aliphatic rings. The molecule has 0 spiro atoms. The fourth-order valence-electron chi connectivity index (χ4n) is 3.17. The zero-order valence-electron chi connectivity index (χ0n) is 14.3. The summed E-state index contributed by atoms with van der Waals surface area (Å²) in [7, 11) is -4.51. The maximum atomic E-state index is 14.4. The third kappa shape index (κ3) is 3.08. The molecule has 0 saturated heterocycles. The van der Waals surface area contributed by atoms with Crippen molar-refractivity contribution in [3.8, 4) is 0 Å². The van der Waals surface area contributed by atoms with Crippen molar-refractivity contribution in [2.45, 2.75) is 24.2 Å². The number of sulfonamides is 1. The Morgan fingerprint density at radius 1 is 1.04 bits per heavy atom. The summed E-state index contributed by atoms with van der Waals surface area (Å²) in [4.78, 5) is 3.14. The lowest BCUT2D eigenvalue weighted by molar-refractivity contribution is 0.510. The van der Waals surface area contributed by atoms with Crippen LogP contribution in [0.4, 0.5) is 8.78 Å². The zero-order chi connectivity index (χ0) is 19.1. The van der Waals surface area contributed by atoms with Crippen molar-refractivity contribution in [2.24, 2.45) is 10.1 Å². The fraction of sp³-hybridized carbons (Fsp3) is 0.211. The molecule has 0 bridgehead atoms. The minimum absolute atomic E-state index is 0.250. The van der Waals surface area contributed by atoms with Crippen LogP contribution in [0, 0.1) is 25.5 Å². The molecule has 7 heteroatoms. The van der Waals surface area contributed by atoms with Gasteiger partial charge in [-0.05, 0) is 54.3 Å². The van der Waals surface area contributed by atoms with E-state index in [2.05, 4.69) is 4.99 Å². The summed E-state index contributed by atoms with van der Waals surface area (Å²) < 4.78 is 51.8. The van der Waals surface area contributed by atoms with Crippen molar-refractivity contribution in [3.63, 3.8) is 0 Å². The molecule has 0 amide bonds. The van der Waals surface area contributed by atoms with Crippen LogP contribution in [0.1, 0.15) is 22.3 Å². The van der Waals surface area contributed by atoms with Gasteiger partial charge in [-0.2, -0.15) is 0 Å². The summed E-state index contributed by atoms with van der Waals surface area (Å²) in [5, 5.41) is 4.92. The van der Waals surface area contributed by atoms with E-state index in [1.54, 1.807) is 12.3 Å². The van der Waals surface area contributed by atoms with Crippen LogP contribution in [0.15, 0.2) is 52.4 Å². The van der Waals surface area contributed by atoms with Crippen LogP contribution >= 0.6 is 0 Å². The lowest BCUT2D eigenvalue weighted by Crippen LogP contribution is -2.31. The van der Waals surface area contributed by atoms with Crippen molar-refractivity contribution in [2.75, 3.05) is 6.54 Å². The van der Waals surface area contributed by atoms with Gasteiger partial charge < -0.3 is 0 Å². The molecule has 0 fully saturated rings. The van der Waals surface area contributed by atoms with E-state index in [1.165, 1.54) is 0 Å². The van der Waals surface area contributed by atoms with Gasteiger partial charge >= 0.3 is 0 Å². The molecule has 2 aromatic carbocycles. The van der Waals surface area contributed by atoms with Crippen molar-refractivity contribution < 1.29 is 17.2 Å². The molecule has 136 valence electrons. The van der Waals surface area contributed by atoms with E-state index in [0.717, 1.165) is 28.8 Å². The number of halogens is 2. The summed E-state index contributed by atoms with van der Waals surface area (Å²) >= 11 is 0. The first-order valence-corrected chi connectivity index (χ1v) is 9.47. The molecule has 2 N–H and O–H groups in total. The molecule has 3 rings (SSSR count). The Morgan fingerprint density at radius 2 is 1.69 bits per heavy atom. The van der Waals surface area contributed by atoms with Crippen molar-refractivity contribution in [1.29, 1.82) is 0 Å². The Bertz CT molecular complexity index is 1020. The maximum absolute atomic E-state index is 14.4. The smallest absolute Gasteiger partial charge is 0.243 e.